The van der Waals surface area contributed by atoms with Crippen LogP contribution in [0.2, 0.25) is 5.02 Å². The smallest absolute Gasteiger partial charge is 0.318 e. The number of para-hydroxylation sites is 1. The lowest BCUT2D eigenvalue weighted by Gasteiger charge is -2.37. The van der Waals surface area contributed by atoms with Gasteiger partial charge in [-0.25, -0.2) is 4.79 Å². The third-order valence-corrected chi connectivity index (χ3v) is 8.28. The number of aromatic nitrogens is 1. The number of halogens is 1. The van der Waals surface area contributed by atoms with Gasteiger partial charge in [-0.2, -0.15) is 0 Å². The lowest BCUT2D eigenvalue weighted by Crippen LogP contribution is -2.56. The Hall–Kier alpha value is -4.21. The number of aromatic amines is 1. The van der Waals surface area contributed by atoms with Crippen LogP contribution >= 0.6 is 11.6 Å². The Morgan fingerprint density at radius 1 is 1.02 bits per heavy atom. The molecule has 3 amide bonds. The molecule has 0 spiro atoms. The molecule has 10 heteroatoms. The van der Waals surface area contributed by atoms with E-state index in [9.17, 15) is 9.59 Å². The van der Waals surface area contributed by atoms with Crippen LogP contribution in [0.15, 0.2) is 72.9 Å². The minimum Gasteiger partial charge on any atom is -0.492 e. The van der Waals surface area contributed by atoms with E-state index in [1.165, 1.54) is 0 Å². The molecule has 5 rings (SSSR count). The minimum absolute atomic E-state index is 0.265. The fourth-order valence-electron chi connectivity index (χ4n) is 5.74. The number of carbonyl (C=O) groups is 2. The van der Waals surface area contributed by atoms with Crippen molar-refractivity contribution in [2.75, 3.05) is 57.1 Å². The van der Waals surface area contributed by atoms with E-state index in [1.807, 2.05) is 101 Å². The first kappa shape index (κ1) is 31.2. The normalized spacial score (nSPS) is 14.9. The van der Waals surface area contributed by atoms with E-state index in [0.29, 0.717) is 55.8 Å². The van der Waals surface area contributed by atoms with Gasteiger partial charge in [-0.1, -0.05) is 42.8 Å². The number of H-pyrrole nitrogens is 1. The average Bonchev–Trinajstić information content (AvgIpc) is 3.45. The number of nitrogens with zero attached hydrogens (tertiary/aromatic N) is 3. The number of nitrogens with one attached hydrogen (secondary N) is 3. The van der Waals surface area contributed by atoms with Gasteiger partial charge in [0.2, 0.25) is 5.91 Å². The zero-order valence-corrected chi connectivity index (χ0v) is 26.5. The first-order chi connectivity index (χ1) is 21.2. The number of piperazine rings is 1. The van der Waals surface area contributed by atoms with Crippen LogP contribution in [0.25, 0.3) is 10.9 Å². The fourth-order valence-corrected chi connectivity index (χ4v) is 5.87. The van der Waals surface area contributed by atoms with Gasteiger partial charge < -0.3 is 35.1 Å². The number of carbonyl (C=O) groups excluding carboxylic acids is 2. The van der Waals surface area contributed by atoms with Crippen LogP contribution in [-0.4, -0.2) is 79.6 Å². The summed E-state index contributed by atoms with van der Waals surface area (Å²) in [5, 5.41) is 7.91. The molecule has 44 heavy (non-hydrogen) atoms. The molecule has 232 valence electrons. The topological polar surface area (TPSA) is 92.9 Å². The second kappa shape index (κ2) is 14.1. The van der Waals surface area contributed by atoms with Crippen LogP contribution in [0.3, 0.4) is 0 Å². The van der Waals surface area contributed by atoms with E-state index in [-0.39, 0.29) is 17.9 Å². The SMILES string of the molecule is CCOc1ccc(CN(C)C)cc1NC(=O)[C@H](NC(=O)N1CCN(c2ccc(Cl)cc2)CC1)[C@@H](C)c1c[nH]c2ccccc12. The molecule has 0 unspecified atom stereocenters. The molecule has 1 fully saturated rings. The Labute approximate surface area is 264 Å². The summed E-state index contributed by atoms with van der Waals surface area (Å²) >= 11 is 6.06. The molecule has 0 radical (unpaired) electrons. The van der Waals surface area contributed by atoms with Crippen molar-refractivity contribution in [3.05, 3.63) is 89.1 Å². The summed E-state index contributed by atoms with van der Waals surface area (Å²) in [6.07, 6.45) is 1.93. The number of hydrogen-bond donors (Lipinski definition) is 3. The molecule has 1 aromatic heterocycles. The van der Waals surface area contributed by atoms with E-state index in [4.69, 9.17) is 16.3 Å². The monoisotopic (exact) mass is 616 g/mol. The van der Waals surface area contributed by atoms with Crippen LogP contribution in [0.4, 0.5) is 16.2 Å². The number of hydrogen-bond acceptors (Lipinski definition) is 5. The number of urea groups is 1. The van der Waals surface area contributed by atoms with Crippen molar-refractivity contribution in [1.29, 1.82) is 0 Å². The van der Waals surface area contributed by atoms with Gasteiger partial charge in [-0.15, -0.1) is 0 Å². The van der Waals surface area contributed by atoms with E-state index >= 15 is 0 Å². The van der Waals surface area contributed by atoms with E-state index in [0.717, 1.165) is 27.7 Å². The summed E-state index contributed by atoms with van der Waals surface area (Å²) in [5.74, 6) is -0.0450. The molecule has 2 atom stereocenters. The third kappa shape index (κ3) is 7.29. The van der Waals surface area contributed by atoms with Crippen molar-refractivity contribution < 1.29 is 14.3 Å². The van der Waals surface area contributed by atoms with Gasteiger partial charge >= 0.3 is 6.03 Å². The predicted molar refractivity (Wildman–Crippen MR) is 178 cm³/mol. The Kier molecular flexibility index (Phi) is 9.97. The summed E-state index contributed by atoms with van der Waals surface area (Å²) in [7, 11) is 4.00. The predicted octanol–water partition coefficient (Wildman–Crippen LogP) is 5.92. The van der Waals surface area contributed by atoms with Crippen LogP contribution in [0, 0.1) is 0 Å². The Balaban J connectivity index is 1.37. The highest BCUT2D eigenvalue weighted by atomic mass is 35.5. The quantitative estimate of drug-likeness (QED) is 0.206. The van der Waals surface area contributed by atoms with Gasteiger partial charge in [-0.3, -0.25) is 4.79 Å². The van der Waals surface area contributed by atoms with Crippen LogP contribution in [0.1, 0.15) is 30.9 Å². The summed E-state index contributed by atoms with van der Waals surface area (Å²) in [6, 6.07) is 20.4. The van der Waals surface area contributed by atoms with Crippen molar-refractivity contribution in [1.82, 2.24) is 20.1 Å². The van der Waals surface area contributed by atoms with E-state index in [1.54, 1.807) is 4.90 Å². The van der Waals surface area contributed by atoms with Crippen molar-refractivity contribution in [2.24, 2.45) is 0 Å². The maximum Gasteiger partial charge on any atom is 0.318 e. The van der Waals surface area contributed by atoms with Crippen molar-refractivity contribution in [3.8, 4) is 5.75 Å². The molecule has 3 aromatic carbocycles. The zero-order chi connectivity index (χ0) is 31.2. The molecular weight excluding hydrogens is 576 g/mol. The molecule has 0 saturated carbocycles. The highest BCUT2D eigenvalue weighted by molar-refractivity contribution is 6.30. The second-order valence-electron chi connectivity index (χ2n) is 11.4. The fraction of sp³-hybridized carbons (Fsp3) is 0.353. The molecule has 1 aliphatic rings. The molecular formula is C34H41ClN6O3. The molecule has 3 N–H and O–H groups in total. The maximum atomic E-state index is 14.1. The molecule has 0 bridgehead atoms. The number of ether oxygens (including phenoxy) is 1. The van der Waals surface area contributed by atoms with Gasteiger partial charge in [0.25, 0.3) is 0 Å². The number of benzene rings is 3. The number of fused-ring (bicyclic) bond motifs is 1. The van der Waals surface area contributed by atoms with Crippen LogP contribution < -0.4 is 20.3 Å². The van der Waals surface area contributed by atoms with Crippen LogP contribution in [0.5, 0.6) is 5.75 Å². The van der Waals surface area contributed by atoms with Crippen molar-refractivity contribution in [2.45, 2.75) is 32.4 Å². The molecule has 2 heterocycles. The number of amides is 3. The highest BCUT2D eigenvalue weighted by Crippen LogP contribution is 2.31. The Bertz CT molecular complexity index is 1580. The Morgan fingerprint density at radius 3 is 2.45 bits per heavy atom. The molecule has 1 saturated heterocycles. The third-order valence-electron chi connectivity index (χ3n) is 8.03. The van der Waals surface area contributed by atoms with Gasteiger partial charge in [0.1, 0.15) is 11.8 Å². The summed E-state index contributed by atoms with van der Waals surface area (Å²) in [5.41, 5.74) is 4.63. The van der Waals surface area contributed by atoms with Gasteiger partial charge in [-0.05, 0) is 74.6 Å². The van der Waals surface area contributed by atoms with E-state index < -0.39 is 6.04 Å². The van der Waals surface area contributed by atoms with Gasteiger partial charge in [0, 0.05) is 66.5 Å². The molecule has 0 aliphatic carbocycles. The molecule has 9 nitrogen and oxygen atoms in total. The minimum atomic E-state index is -0.844. The van der Waals surface area contributed by atoms with Gasteiger partial charge in [0.15, 0.2) is 0 Å². The average molecular weight is 617 g/mol. The lowest BCUT2D eigenvalue weighted by molar-refractivity contribution is -0.118. The summed E-state index contributed by atoms with van der Waals surface area (Å²) in [6.45, 7) is 7.49. The number of rotatable bonds is 10. The summed E-state index contributed by atoms with van der Waals surface area (Å²) in [4.78, 5) is 37.2. The maximum absolute atomic E-state index is 14.1. The van der Waals surface area contributed by atoms with E-state index in [2.05, 4.69) is 25.4 Å². The second-order valence-corrected chi connectivity index (χ2v) is 11.9. The first-order valence-electron chi connectivity index (χ1n) is 15.1. The van der Waals surface area contributed by atoms with Gasteiger partial charge in [0.05, 0.1) is 12.3 Å². The highest BCUT2D eigenvalue weighted by Gasteiger charge is 2.32. The molecule has 1 aliphatic heterocycles. The zero-order valence-electron chi connectivity index (χ0n) is 25.8. The van der Waals surface area contributed by atoms with Crippen molar-refractivity contribution in [3.63, 3.8) is 0 Å². The Morgan fingerprint density at radius 2 is 1.75 bits per heavy atom. The largest absolute Gasteiger partial charge is 0.492 e. The lowest BCUT2D eigenvalue weighted by atomic mass is 9.92. The summed E-state index contributed by atoms with van der Waals surface area (Å²) < 4.78 is 5.86. The van der Waals surface area contributed by atoms with Crippen molar-refractivity contribution >= 4 is 45.8 Å². The molecule has 4 aromatic rings. The van der Waals surface area contributed by atoms with Crippen LogP contribution in [-0.2, 0) is 11.3 Å². The standard InChI is InChI=1S/C34H41ClN6O3/c1-5-44-31-15-10-24(22-39(3)4)20-30(31)37-33(42)32(23(2)28-21-36-29-9-7-6-8-27(28)29)38-34(43)41-18-16-40(17-19-41)26-13-11-25(35)12-14-26/h6-15,20-21,23,32,36H,5,16-19,22H2,1-4H3,(H,37,42)(H,38,43)/t23-,32+/m0/s1. The first-order valence-corrected chi connectivity index (χ1v) is 15.4. The number of anilines is 2.